The summed E-state index contributed by atoms with van der Waals surface area (Å²) in [5, 5.41) is 10.0. The summed E-state index contributed by atoms with van der Waals surface area (Å²) in [6.45, 7) is 3.87. The molecule has 1 aromatic heterocycles. The van der Waals surface area contributed by atoms with Crippen LogP contribution >= 0.6 is 15.9 Å². The van der Waals surface area contributed by atoms with E-state index in [4.69, 9.17) is 0 Å². The maximum atomic E-state index is 4.07. The SMILES string of the molecule is Cc1cc(CNCCc2ncn[nH]2)ccc1Br. The number of rotatable bonds is 5. The van der Waals surface area contributed by atoms with Crippen LogP contribution in [0.4, 0.5) is 0 Å². The van der Waals surface area contributed by atoms with Crippen LogP contribution in [-0.2, 0) is 13.0 Å². The number of nitrogens with one attached hydrogen (secondary N) is 2. The van der Waals surface area contributed by atoms with Crippen molar-refractivity contribution in [2.45, 2.75) is 19.9 Å². The van der Waals surface area contributed by atoms with Crippen molar-refractivity contribution < 1.29 is 0 Å². The van der Waals surface area contributed by atoms with Gasteiger partial charge in [0.25, 0.3) is 0 Å². The van der Waals surface area contributed by atoms with Crippen molar-refractivity contribution >= 4 is 15.9 Å². The quantitative estimate of drug-likeness (QED) is 0.832. The zero-order valence-corrected chi connectivity index (χ0v) is 11.3. The molecule has 2 aromatic rings. The normalized spacial score (nSPS) is 10.7. The van der Waals surface area contributed by atoms with E-state index in [1.165, 1.54) is 17.5 Å². The van der Waals surface area contributed by atoms with Crippen molar-refractivity contribution in [2.75, 3.05) is 6.54 Å². The molecule has 0 aliphatic heterocycles. The van der Waals surface area contributed by atoms with Gasteiger partial charge in [-0.3, -0.25) is 5.10 Å². The van der Waals surface area contributed by atoms with Crippen LogP contribution in [0.15, 0.2) is 29.0 Å². The van der Waals surface area contributed by atoms with Crippen LogP contribution in [0, 0.1) is 6.92 Å². The summed E-state index contributed by atoms with van der Waals surface area (Å²) in [6.07, 6.45) is 2.41. The Labute approximate surface area is 109 Å². The first kappa shape index (κ1) is 12.3. The van der Waals surface area contributed by atoms with Gasteiger partial charge in [-0.2, -0.15) is 5.10 Å². The maximum Gasteiger partial charge on any atom is 0.137 e. The molecule has 0 aliphatic carbocycles. The Balaban J connectivity index is 1.76. The molecule has 2 N–H and O–H groups in total. The molecule has 1 heterocycles. The highest BCUT2D eigenvalue weighted by Crippen LogP contribution is 2.16. The van der Waals surface area contributed by atoms with Crippen LogP contribution in [-0.4, -0.2) is 21.7 Å². The molecule has 0 bridgehead atoms. The van der Waals surface area contributed by atoms with E-state index in [0.29, 0.717) is 0 Å². The minimum Gasteiger partial charge on any atom is -0.312 e. The van der Waals surface area contributed by atoms with Gasteiger partial charge in [0.1, 0.15) is 12.2 Å². The Kier molecular flexibility index (Phi) is 4.28. The second-order valence-corrected chi connectivity index (χ2v) is 4.80. The molecule has 0 atom stereocenters. The smallest absolute Gasteiger partial charge is 0.137 e. The van der Waals surface area contributed by atoms with Crippen molar-refractivity contribution in [3.63, 3.8) is 0 Å². The van der Waals surface area contributed by atoms with E-state index in [1.807, 2.05) is 0 Å². The van der Waals surface area contributed by atoms with Crippen LogP contribution in [0.25, 0.3) is 0 Å². The van der Waals surface area contributed by atoms with E-state index >= 15 is 0 Å². The van der Waals surface area contributed by atoms with E-state index < -0.39 is 0 Å². The van der Waals surface area contributed by atoms with Gasteiger partial charge in [-0.15, -0.1) is 0 Å². The summed E-state index contributed by atoms with van der Waals surface area (Å²) in [5.74, 6) is 0.921. The van der Waals surface area contributed by atoms with Crippen molar-refractivity contribution in [2.24, 2.45) is 0 Å². The molecule has 5 heteroatoms. The summed E-state index contributed by atoms with van der Waals surface area (Å²) in [7, 11) is 0. The van der Waals surface area contributed by atoms with E-state index in [-0.39, 0.29) is 0 Å². The number of aromatic nitrogens is 3. The maximum absolute atomic E-state index is 4.07. The first-order valence-electron chi connectivity index (χ1n) is 5.55. The highest BCUT2D eigenvalue weighted by atomic mass is 79.9. The zero-order chi connectivity index (χ0) is 12.1. The molecule has 4 nitrogen and oxygen atoms in total. The number of aromatic amines is 1. The van der Waals surface area contributed by atoms with Gasteiger partial charge in [0.15, 0.2) is 0 Å². The van der Waals surface area contributed by atoms with Gasteiger partial charge in [-0.25, -0.2) is 4.98 Å². The second-order valence-electron chi connectivity index (χ2n) is 3.94. The Bertz CT molecular complexity index is 467. The standard InChI is InChI=1S/C12H15BrN4/c1-9-6-10(2-3-11(9)13)7-14-5-4-12-15-8-16-17-12/h2-3,6,8,14H,4-5,7H2,1H3,(H,15,16,17). The topological polar surface area (TPSA) is 53.6 Å². The lowest BCUT2D eigenvalue weighted by atomic mass is 10.1. The predicted molar refractivity (Wildman–Crippen MR) is 70.7 cm³/mol. The van der Waals surface area contributed by atoms with Crippen LogP contribution in [0.1, 0.15) is 17.0 Å². The number of benzene rings is 1. The number of aryl methyl sites for hydroxylation is 1. The molecular weight excluding hydrogens is 280 g/mol. The Morgan fingerprint density at radius 1 is 1.41 bits per heavy atom. The van der Waals surface area contributed by atoms with Crippen molar-refractivity contribution in [1.29, 1.82) is 0 Å². The number of nitrogens with zero attached hydrogens (tertiary/aromatic N) is 2. The third-order valence-electron chi connectivity index (χ3n) is 2.55. The minimum absolute atomic E-state index is 0.871. The second kappa shape index (κ2) is 5.93. The number of H-pyrrole nitrogens is 1. The molecular formula is C12H15BrN4. The number of halogens is 1. The molecule has 0 spiro atoms. The highest BCUT2D eigenvalue weighted by molar-refractivity contribution is 9.10. The van der Waals surface area contributed by atoms with Crippen molar-refractivity contribution in [3.8, 4) is 0 Å². The average Bonchev–Trinajstić information content (AvgIpc) is 2.82. The van der Waals surface area contributed by atoms with Gasteiger partial charge in [0.2, 0.25) is 0 Å². The van der Waals surface area contributed by atoms with Crippen LogP contribution in [0.3, 0.4) is 0 Å². The molecule has 0 aliphatic rings. The molecule has 17 heavy (non-hydrogen) atoms. The first-order chi connectivity index (χ1) is 8.25. The lowest BCUT2D eigenvalue weighted by Crippen LogP contribution is -2.17. The third kappa shape index (κ3) is 3.64. The fraction of sp³-hybridized carbons (Fsp3) is 0.333. The summed E-state index contributed by atoms with van der Waals surface area (Å²) in [5.41, 5.74) is 2.56. The fourth-order valence-electron chi connectivity index (χ4n) is 1.61. The lowest BCUT2D eigenvalue weighted by Gasteiger charge is -2.05. The van der Waals surface area contributed by atoms with Gasteiger partial charge in [0.05, 0.1) is 0 Å². The molecule has 0 saturated carbocycles. The fourth-order valence-corrected chi connectivity index (χ4v) is 1.85. The van der Waals surface area contributed by atoms with Crippen LogP contribution in [0.2, 0.25) is 0 Å². The summed E-state index contributed by atoms with van der Waals surface area (Å²) in [6, 6.07) is 6.40. The highest BCUT2D eigenvalue weighted by Gasteiger charge is 1.98. The van der Waals surface area contributed by atoms with E-state index in [9.17, 15) is 0 Å². The van der Waals surface area contributed by atoms with Gasteiger partial charge in [-0.1, -0.05) is 28.1 Å². The zero-order valence-electron chi connectivity index (χ0n) is 9.70. The summed E-state index contributed by atoms with van der Waals surface area (Å²) < 4.78 is 1.16. The number of hydrogen-bond donors (Lipinski definition) is 2. The number of hydrogen-bond acceptors (Lipinski definition) is 3. The molecule has 0 unspecified atom stereocenters. The van der Waals surface area contributed by atoms with Gasteiger partial charge < -0.3 is 5.32 Å². The van der Waals surface area contributed by atoms with E-state index in [2.05, 4.69) is 61.6 Å². The molecule has 1 aromatic carbocycles. The molecule has 0 fully saturated rings. The minimum atomic E-state index is 0.871. The molecule has 0 saturated heterocycles. The van der Waals surface area contributed by atoms with Gasteiger partial charge in [-0.05, 0) is 24.1 Å². The average molecular weight is 295 g/mol. The molecule has 90 valence electrons. The summed E-state index contributed by atoms with van der Waals surface area (Å²) >= 11 is 3.50. The monoisotopic (exact) mass is 294 g/mol. The van der Waals surface area contributed by atoms with Crippen molar-refractivity contribution in [1.82, 2.24) is 20.5 Å². The lowest BCUT2D eigenvalue weighted by molar-refractivity contribution is 0.671. The predicted octanol–water partition coefficient (Wildman–Crippen LogP) is 2.21. The van der Waals surface area contributed by atoms with E-state index in [1.54, 1.807) is 0 Å². The molecule has 0 amide bonds. The molecule has 2 rings (SSSR count). The van der Waals surface area contributed by atoms with E-state index in [0.717, 1.165) is 29.8 Å². The largest absolute Gasteiger partial charge is 0.312 e. The Hall–Kier alpha value is -1.20. The van der Waals surface area contributed by atoms with Gasteiger partial charge in [0, 0.05) is 24.0 Å². The van der Waals surface area contributed by atoms with Crippen molar-refractivity contribution in [3.05, 3.63) is 46.0 Å². The third-order valence-corrected chi connectivity index (χ3v) is 3.44. The Morgan fingerprint density at radius 3 is 3.00 bits per heavy atom. The molecule has 0 radical (unpaired) electrons. The van der Waals surface area contributed by atoms with Gasteiger partial charge >= 0.3 is 0 Å². The van der Waals surface area contributed by atoms with Crippen LogP contribution < -0.4 is 5.32 Å². The first-order valence-corrected chi connectivity index (χ1v) is 6.35. The summed E-state index contributed by atoms with van der Waals surface area (Å²) in [4.78, 5) is 4.07. The van der Waals surface area contributed by atoms with Crippen LogP contribution in [0.5, 0.6) is 0 Å². The Morgan fingerprint density at radius 2 is 2.29 bits per heavy atom.